The van der Waals surface area contributed by atoms with E-state index in [2.05, 4.69) is 19.7 Å². The molecular formula is C28H26F4N4O2. The van der Waals surface area contributed by atoms with Crippen molar-refractivity contribution in [3.8, 4) is 5.75 Å². The van der Waals surface area contributed by atoms with Gasteiger partial charge in [0.2, 0.25) is 0 Å². The summed E-state index contributed by atoms with van der Waals surface area (Å²) in [6, 6.07) is 9.31. The maximum Gasteiger partial charge on any atom is 0.573 e. The van der Waals surface area contributed by atoms with Gasteiger partial charge < -0.3 is 4.74 Å². The van der Waals surface area contributed by atoms with Crippen LogP contribution in [0.3, 0.4) is 0 Å². The number of rotatable bonds is 5. The van der Waals surface area contributed by atoms with Gasteiger partial charge in [0.1, 0.15) is 17.0 Å². The summed E-state index contributed by atoms with van der Waals surface area (Å²) in [6.45, 7) is 3.36. The average molecular weight is 527 g/mol. The third kappa shape index (κ3) is 5.25. The fourth-order valence-corrected chi connectivity index (χ4v) is 5.44. The van der Waals surface area contributed by atoms with E-state index in [0.29, 0.717) is 42.5 Å². The number of benzene rings is 1. The molecule has 0 radical (unpaired) electrons. The van der Waals surface area contributed by atoms with Gasteiger partial charge in [-0.2, -0.15) is 0 Å². The quantitative estimate of drug-likeness (QED) is 0.284. The Hall–Kier alpha value is -3.82. The lowest BCUT2D eigenvalue weighted by Crippen LogP contribution is -2.29. The van der Waals surface area contributed by atoms with Gasteiger partial charge in [-0.15, -0.1) is 13.2 Å². The molecule has 0 spiro atoms. The summed E-state index contributed by atoms with van der Waals surface area (Å²) in [4.78, 5) is 26.8. The van der Waals surface area contributed by atoms with Crippen molar-refractivity contribution in [1.29, 1.82) is 0 Å². The van der Waals surface area contributed by atoms with E-state index in [1.165, 1.54) is 22.9 Å². The first kappa shape index (κ1) is 25.8. The highest BCUT2D eigenvalue weighted by molar-refractivity contribution is 5.71. The molecule has 1 fully saturated rings. The summed E-state index contributed by atoms with van der Waals surface area (Å²) in [5, 5.41) is 0. The summed E-state index contributed by atoms with van der Waals surface area (Å²) in [6.07, 6.45) is 0.796. The van der Waals surface area contributed by atoms with Crippen LogP contribution in [0.4, 0.5) is 17.6 Å². The van der Waals surface area contributed by atoms with Crippen LogP contribution in [0.2, 0.25) is 0 Å². The number of pyridine rings is 2. The fraction of sp³-hybridized carbons (Fsp3) is 0.357. The Labute approximate surface area is 216 Å². The first-order chi connectivity index (χ1) is 18.1. The monoisotopic (exact) mass is 526 g/mol. The second-order valence-electron chi connectivity index (χ2n) is 9.73. The van der Waals surface area contributed by atoms with Crippen LogP contribution >= 0.6 is 0 Å². The Morgan fingerprint density at radius 2 is 1.76 bits per heavy atom. The van der Waals surface area contributed by atoms with Gasteiger partial charge in [0.25, 0.3) is 5.56 Å². The molecule has 4 aromatic rings. The Morgan fingerprint density at radius 1 is 1.03 bits per heavy atom. The van der Waals surface area contributed by atoms with Crippen LogP contribution in [0, 0.1) is 19.7 Å². The molecule has 1 aliphatic rings. The summed E-state index contributed by atoms with van der Waals surface area (Å²) >= 11 is 0. The number of hydrogen-bond donors (Lipinski definition) is 0. The molecule has 0 amide bonds. The molecule has 1 aliphatic carbocycles. The van der Waals surface area contributed by atoms with Crippen molar-refractivity contribution < 1.29 is 22.3 Å². The SMILES string of the molecule is Cc1cnc2cc(C3CCC(c4c(C)cccc4F)CC3)c(=O)n(Cc3ncccc3OC(F)(F)F)c2n1. The largest absolute Gasteiger partial charge is 0.573 e. The topological polar surface area (TPSA) is 69.9 Å². The van der Waals surface area contributed by atoms with Crippen molar-refractivity contribution in [2.75, 3.05) is 0 Å². The second-order valence-corrected chi connectivity index (χ2v) is 9.73. The molecule has 5 rings (SSSR count). The van der Waals surface area contributed by atoms with E-state index >= 15 is 0 Å². The van der Waals surface area contributed by atoms with Crippen molar-refractivity contribution in [3.05, 3.63) is 93.0 Å². The minimum absolute atomic E-state index is 0.0487. The van der Waals surface area contributed by atoms with Gasteiger partial charge >= 0.3 is 6.36 Å². The highest BCUT2D eigenvalue weighted by atomic mass is 19.4. The zero-order valence-corrected chi connectivity index (χ0v) is 20.9. The molecule has 198 valence electrons. The van der Waals surface area contributed by atoms with Crippen LogP contribution in [0.25, 0.3) is 11.2 Å². The zero-order chi connectivity index (χ0) is 27.0. The maximum atomic E-state index is 14.6. The Bertz CT molecular complexity index is 1520. The molecule has 0 aliphatic heterocycles. The molecular weight excluding hydrogens is 500 g/mol. The maximum absolute atomic E-state index is 14.6. The summed E-state index contributed by atoms with van der Waals surface area (Å²) < 4.78 is 59.0. The summed E-state index contributed by atoms with van der Waals surface area (Å²) in [5.74, 6) is -0.724. The summed E-state index contributed by atoms with van der Waals surface area (Å²) in [5.41, 5.74) is 3.05. The average Bonchev–Trinajstić information content (AvgIpc) is 2.86. The molecule has 6 nitrogen and oxygen atoms in total. The highest BCUT2D eigenvalue weighted by Gasteiger charge is 2.33. The normalized spacial score (nSPS) is 18.1. The standard InChI is InChI=1S/C28H26F4N4O2/c1-16-5-3-6-21(29)25(16)19-10-8-18(9-11-19)20-13-22-26(35-17(2)14-34-22)36(27(20)37)15-23-24(7-4-12-33-23)38-28(30,31)32/h3-7,12-14,18-19H,8-11,15H2,1-2H3. The number of hydrogen-bond acceptors (Lipinski definition) is 5. The van der Waals surface area contributed by atoms with E-state index in [1.54, 1.807) is 25.3 Å². The van der Waals surface area contributed by atoms with Crippen LogP contribution < -0.4 is 10.3 Å². The van der Waals surface area contributed by atoms with E-state index in [4.69, 9.17) is 0 Å². The van der Waals surface area contributed by atoms with E-state index in [-0.39, 0.29) is 41.1 Å². The first-order valence-corrected chi connectivity index (χ1v) is 12.4. The predicted molar refractivity (Wildman–Crippen MR) is 134 cm³/mol. The van der Waals surface area contributed by atoms with Crippen molar-refractivity contribution in [1.82, 2.24) is 19.5 Å². The van der Waals surface area contributed by atoms with Crippen molar-refractivity contribution in [3.63, 3.8) is 0 Å². The van der Waals surface area contributed by atoms with Gasteiger partial charge in [0, 0.05) is 18.0 Å². The minimum Gasteiger partial charge on any atom is -0.404 e. The lowest BCUT2D eigenvalue weighted by atomic mass is 9.75. The number of alkyl halides is 3. The van der Waals surface area contributed by atoms with Gasteiger partial charge in [0.05, 0.1) is 12.2 Å². The van der Waals surface area contributed by atoms with Crippen molar-refractivity contribution >= 4 is 11.2 Å². The van der Waals surface area contributed by atoms with E-state index < -0.39 is 12.1 Å². The molecule has 0 N–H and O–H groups in total. The Kier molecular flexibility index (Phi) is 6.90. The van der Waals surface area contributed by atoms with Gasteiger partial charge in [-0.25, -0.2) is 9.37 Å². The lowest BCUT2D eigenvalue weighted by molar-refractivity contribution is -0.275. The smallest absolute Gasteiger partial charge is 0.404 e. The molecule has 3 aromatic heterocycles. The number of aromatic nitrogens is 4. The van der Waals surface area contributed by atoms with Crippen LogP contribution in [-0.2, 0) is 6.54 Å². The fourth-order valence-electron chi connectivity index (χ4n) is 5.44. The minimum atomic E-state index is -4.90. The lowest BCUT2D eigenvalue weighted by Gasteiger charge is -2.30. The van der Waals surface area contributed by atoms with Gasteiger partial charge in [-0.1, -0.05) is 12.1 Å². The van der Waals surface area contributed by atoms with E-state index in [0.717, 1.165) is 17.2 Å². The highest BCUT2D eigenvalue weighted by Crippen LogP contribution is 2.41. The molecule has 38 heavy (non-hydrogen) atoms. The first-order valence-electron chi connectivity index (χ1n) is 12.4. The second kappa shape index (κ2) is 10.2. The molecule has 3 heterocycles. The third-order valence-electron chi connectivity index (χ3n) is 7.17. The van der Waals surface area contributed by atoms with Gasteiger partial charge in [-0.05, 0) is 86.8 Å². The molecule has 0 saturated heterocycles. The summed E-state index contributed by atoms with van der Waals surface area (Å²) in [7, 11) is 0. The van der Waals surface area contributed by atoms with Crippen LogP contribution in [0.15, 0.2) is 53.6 Å². The van der Waals surface area contributed by atoms with Gasteiger partial charge in [0.15, 0.2) is 11.4 Å². The van der Waals surface area contributed by atoms with E-state index in [1.807, 2.05) is 13.0 Å². The molecule has 0 bridgehead atoms. The number of aryl methyl sites for hydroxylation is 2. The van der Waals surface area contributed by atoms with Crippen LogP contribution in [0.1, 0.15) is 65.6 Å². The zero-order valence-electron chi connectivity index (χ0n) is 20.9. The van der Waals surface area contributed by atoms with Crippen molar-refractivity contribution in [2.24, 2.45) is 0 Å². The molecule has 1 saturated carbocycles. The van der Waals surface area contributed by atoms with Crippen LogP contribution in [0.5, 0.6) is 5.75 Å². The predicted octanol–water partition coefficient (Wildman–Crippen LogP) is 6.33. The molecule has 0 unspecified atom stereocenters. The van der Waals surface area contributed by atoms with Crippen molar-refractivity contribution in [2.45, 2.75) is 64.3 Å². The number of halogens is 4. The molecule has 10 heteroatoms. The Morgan fingerprint density at radius 3 is 2.47 bits per heavy atom. The number of nitrogens with zero attached hydrogens (tertiary/aromatic N) is 4. The third-order valence-corrected chi connectivity index (χ3v) is 7.17. The molecule has 1 aromatic carbocycles. The number of fused-ring (bicyclic) bond motifs is 1. The molecule has 0 atom stereocenters. The van der Waals surface area contributed by atoms with E-state index in [9.17, 15) is 22.4 Å². The Balaban J connectivity index is 1.51. The van der Waals surface area contributed by atoms with Gasteiger partial charge in [-0.3, -0.25) is 19.3 Å². The van der Waals surface area contributed by atoms with Crippen LogP contribution in [-0.4, -0.2) is 25.9 Å². The number of ether oxygens (including phenoxy) is 1.